The van der Waals surface area contributed by atoms with Gasteiger partial charge >= 0.3 is 6.03 Å². The molecular formula is C17H17N3O5S. The fraction of sp³-hybridized carbons (Fsp3) is 0.235. The van der Waals surface area contributed by atoms with Gasteiger partial charge in [-0.05, 0) is 35.9 Å². The van der Waals surface area contributed by atoms with E-state index in [0.29, 0.717) is 42.6 Å². The summed E-state index contributed by atoms with van der Waals surface area (Å²) in [5.74, 6) is 0.941. The number of rotatable bonds is 3. The molecule has 9 heteroatoms. The first-order chi connectivity index (χ1) is 12.4. The van der Waals surface area contributed by atoms with Crippen molar-refractivity contribution in [3.8, 4) is 11.5 Å². The number of hydrogen-bond donors (Lipinski definition) is 2. The van der Waals surface area contributed by atoms with E-state index in [4.69, 9.17) is 9.47 Å². The molecule has 0 fully saturated rings. The fourth-order valence-corrected chi connectivity index (χ4v) is 3.92. The number of sulfonamides is 1. The van der Waals surface area contributed by atoms with Gasteiger partial charge < -0.3 is 19.7 Å². The van der Waals surface area contributed by atoms with Crippen LogP contribution in [0.15, 0.2) is 41.3 Å². The number of amides is 2. The van der Waals surface area contributed by atoms with Crippen LogP contribution in [0.2, 0.25) is 0 Å². The molecule has 8 nitrogen and oxygen atoms in total. The molecule has 0 aliphatic carbocycles. The maximum absolute atomic E-state index is 12.7. The normalized spacial score (nSPS) is 15.9. The summed E-state index contributed by atoms with van der Waals surface area (Å²) in [7, 11) is -2.11. The van der Waals surface area contributed by atoms with Crippen molar-refractivity contribution in [2.24, 2.45) is 0 Å². The highest BCUT2D eigenvalue weighted by Crippen LogP contribution is 2.33. The van der Waals surface area contributed by atoms with Crippen molar-refractivity contribution in [3.63, 3.8) is 0 Å². The summed E-state index contributed by atoms with van der Waals surface area (Å²) in [6, 6.07) is 9.32. The van der Waals surface area contributed by atoms with E-state index >= 15 is 0 Å². The molecule has 2 aliphatic heterocycles. The van der Waals surface area contributed by atoms with Gasteiger partial charge in [-0.2, -0.15) is 0 Å². The Balaban J connectivity index is 1.60. The Kier molecular flexibility index (Phi) is 3.87. The van der Waals surface area contributed by atoms with Crippen LogP contribution in [0.4, 0.5) is 16.2 Å². The first-order valence-electron chi connectivity index (χ1n) is 8.00. The van der Waals surface area contributed by atoms with Crippen LogP contribution in [0, 0.1) is 0 Å². The quantitative estimate of drug-likeness (QED) is 0.858. The summed E-state index contributed by atoms with van der Waals surface area (Å²) in [6.07, 6.45) is 0. The number of urea groups is 1. The number of nitrogens with one attached hydrogen (secondary N) is 2. The molecule has 2 aromatic carbocycles. The molecule has 2 amide bonds. The standard InChI is InChI=1S/C17H17N3O5S/c1-20-10-11-8-12(2-4-14(11)18-17(20)21)19-26(22,23)13-3-5-15-16(9-13)25-7-6-24-15/h2-5,8-9,19H,6-7,10H2,1H3,(H,18,21). The lowest BCUT2D eigenvalue weighted by atomic mass is 10.1. The van der Waals surface area contributed by atoms with Gasteiger partial charge in [-0.25, -0.2) is 13.2 Å². The Hall–Kier alpha value is -2.94. The number of ether oxygens (including phenoxy) is 2. The highest BCUT2D eigenvalue weighted by molar-refractivity contribution is 7.92. The third-order valence-corrected chi connectivity index (χ3v) is 5.56. The lowest BCUT2D eigenvalue weighted by molar-refractivity contribution is 0.171. The zero-order valence-electron chi connectivity index (χ0n) is 14.0. The summed E-state index contributed by atoms with van der Waals surface area (Å²) in [6.45, 7) is 1.23. The Morgan fingerprint density at radius 1 is 1.08 bits per heavy atom. The summed E-state index contributed by atoms with van der Waals surface area (Å²) in [5, 5.41) is 2.74. The topological polar surface area (TPSA) is 97.0 Å². The van der Waals surface area contributed by atoms with Crippen LogP contribution in [0.1, 0.15) is 5.56 Å². The maximum atomic E-state index is 12.7. The van der Waals surface area contributed by atoms with Crippen molar-refractivity contribution in [2.45, 2.75) is 11.4 Å². The number of fused-ring (bicyclic) bond motifs is 2. The number of carbonyl (C=O) groups is 1. The molecule has 26 heavy (non-hydrogen) atoms. The van der Waals surface area contributed by atoms with Crippen LogP contribution >= 0.6 is 0 Å². The average molecular weight is 375 g/mol. The van der Waals surface area contributed by atoms with Gasteiger partial charge in [0.15, 0.2) is 11.5 Å². The highest BCUT2D eigenvalue weighted by atomic mass is 32.2. The molecule has 0 radical (unpaired) electrons. The second-order valence-electron chi connectivity index (χ2n) is 6.07. The molecule has 136 valence electrons. The summed E-state index contributed by atoms with van der Waals surface area (Å²) < 4.78 is 38.8. The van der Waals surface area contributed by atoms with Gasteiger partial charge in [0.25, 0.3) is 10.0 Å². The smallest absolute Gasteiger partial charge is 0.321 e. The highest BCUT2D eigenvalue weighted by Gasteiger charge is 2.22. The predicted octanol–water partition coefficient (Wildman–Crippen LogP) is 2.24. The van der Waals surface area contributed by atoms with Gasteiger partial charge in [-0.1, -0.05) is 0 Å². The Morgan fingerprint density at radius 3 is 2.65 bits per heavy atom. The van der Waals surface area contributed by atoms with E-state index in [9.17, 15) is 13.2 Å². The largest absolute Gasteiger partial charge is 0.486 e. The lowest BCUT2D eigenvalue weighted by Crippen LogP contribution is -2.35. The van der Waals surface area contributed by atoms with Crippen LogP contribution in [-0.2, 0) is 16.6 Å². The van der Waals surface area contributed by atoms with E-state index in [1.165, 1.54) is 17.0 Å². The predicted molar refractivity (Wildman–Crippen MR) is 95.2 cm³/mol. The van der Waals surface area contributed by atoms with Gasteiger partial charge in [-0.3, -0.25) is 4.72 Å². The summed E-state index contributed by atoms with van der Waals surface area (Å²) >= 11 is 0. The molecule has 0 unspecified atom stereocenters. The average Bonchev–Trinajstić information content (AvgIpc) is 2.62. The van der Waals surface area contributed by atoms with Crippen molar-refractivity contribution in [1.29, 1.82) is 0 Å². The molecule has 2 heterocycles. The summed E-state index contributed by atoms with van der Waals surface area (Å²) in [5.41, 5.74) is 1.92. The molecule has 0 aromatic heterocycles. The number of anilines is 2. The Bertz CT molecular complexity index is 990. The monoisotopic (exact) mass is 375 g/mol. The van der Waals surface area contributed by atoms with Gasteiger partial charge in [0, 0.05) is 31.0 Å². The van der Waals surface area contributed by atoms with Crippen LogP contribution in [0.3, 0.4) is 0 Å². The molecule has 2 aliphatic rings. The van der Waals surface area contributed by atoms with E-state index in [-0.39, 0.29) is 10.9 Å². The molecule has 0 saturated carbocycles. The number of hydrogen-bond acceptors (Lipinski definition) is 5. The SMILES string of the molecule is CN1Cc2cc(NS(=O)(=O)c3ccc4c(c3)OCCO4)ccc2NC1=O. The van der Waals surface area contributed by atoms with Crippen molar-refractivity contribution in [2.75, 3.05) is 30.3 Å². The molecule has 2 N–H and O–H groups in total. The minimum Gasteiger partial charge on any atom is -0.486 e. The van der Waals surface area contributed by atoms with E-state index in [2.05, 4.69) is 10.0 Å². The van der Waals surface area contributed by atoms with E-state index in [0.717, 1.165) is 5.56 Å². The lowest BCUT2D eigenvalue weighted by Gasteiger charge is -2.26. The molecule has 0 atom stereocenters. The number of benzene rings is 2. The van der Waals surface area contributed by atoms with Crippen LogP contribution in [0.5, 0.6) is 11.5 Å². The number of carbonyl (C=O) groups excluding carboxylic acids is 1. The molecule has 0 spiro atoms. The second kappa shape index (κ2) is 6.10. The van der Waals surface area contributed by atoms with Crippen molar-refractivity contribution < 1.29 is 22.7 Å². The second-order valence-corrected chi connectivity index (χ2v) is 7.75. The Labute approximate surface area is 150 Å². The third kappa shape index (κ3) is 3.01. The van der Waals surface area contributed by atoms with Crippen molar-refractivity contribution >= 4 is 27.4 Å². The van der Waals surface area contributed by atoms with Gasteiger partial charge in [0.05, 0.1) is 4.90 Å². The van der Waals surface area contributed by atoms with Crippen LogP contribution < -0.4 is 19.5 Å². The van der Waals surface area contributed by atoms with E-state index in [1.54, 1.807) is 31.3 Å². The summed E-state index contributed by atoms with van der Waals surface area (Å²) in [4.78, 5) is 13.3. The number of nitrogens with zero attached hydrogens (tertiary/aromatic N) is 1. The molecule has 0 bridgehead atoms. The van der Waals surface area contributed by atoms with Gasteiger partial charge in [0.2, 0.25) is 0 Å². The zero-order chi connectivity index (χ0) is 18.3. The van der Waals surface area contributed by atoms with E-state index in [1.807, 2.05) is 0 Å². The molecule has 0 saturated heterocycles. The Morgan fingerprint density at radius 2 is 1.85 bits per heavy atom. The first-order valence-corrected chi connectivity index (χ1v) is 9.48. The minimum atomic E-state index is -3.78. The molecule has 2 aromatic rings. The van der Waals surface area contributed by atoms with Crippen LogP contribution in [0.25, 0.3) is 0 Å². The van der Waals surface area contributed by atoms with Gasteiger partial charge in [-0.15, -0.1) is 0 Å². The van der Waals surface area contributed by atoms with Gasteiger partial charge in [0.1, 0.15) is 13.2 Å². The fourth-order valence-electron chi connectivity index (χ4n) is 2.85. The zero-order valence-corrected chi connectivity index (χ0v) is 14.8. The van der Waals surface area contributed by atoms with Crippen molar-refractivity contribution in [3.05, 3.63) is 42.0 Å². The molecule has 4 rings (SSSR count). The third-order valence-electron chi connectivity index (χ3n) is 4.18. The van der Waals surface area contributed by atoms with Crippen LogP contribution in [-0.4, -0.2) is 39.6 Å². The minimum absolute atomic E-state index is 0.0879. The van der Waals surface area contributed by atoms with Crippen molar-refractivity contribution in [1.82, 2.24) is 4.90 Å². The first kappa shape index (κ1) is 16.5. The van der Waals surface area contributed by atoms with E-state index < -0.39 is 10.0 Å². The molecular weight excluding hydrogens is 358 g/mol. The maximum Gasteiger partial charge on any atom is 0.321 e.